The van der Waals surface area contributed by atoms with E-state index in [9.17, 15) is 9.59 Å². The summed E-state index contributed by atoms with van der Waals surface area (Å²) in [4.78, 5) is 30.6. The number of methoxy groups -OCH3 is 1. The minimum absolute atomic E-state index is 0.151. The van der Waals surface area contributed by atoms with Crippen molar-refractivity contribution in [1.82, 2.24) is 10.3 Å². The monoisotopic (exact) mass is 346 g/mol. The molecule has 3 rings (SSSR count). The Morgan fingerprint density at radius 3 is 3.00 bits per heavy atom. The fourth-order valence-corrected chi connectivity index (χ4v) is 3.30. The second-order valence-corrected chi connectivity index (χ2v) is 6.25. The van der Waals surface area contributed by atoms with Crippen LogP contribution in [0.2, 0.25) is 0 Å². The molecule has 0 saturated carbocycles. The number of aromatic nitrogens is 1. The van der Waals surface area contributed by atoms with Crippen molar-refractivity contribution in [2.24, 2.45) is 5.73 Å². The molecule has 1 fully saturated rings. The SMILES string of the molecule is COc1ccccc1N1CC[C@H](NC(=O)c2csc(CN)n2)C1=O. The van der Waals surface area contributed by atoms with Gasteiger partial charge in [-0.1, -0.05) is 12.1 Å². The maximum atomic E-state index is 12.6. The molecule has 3 N–H and O–H groups in total. The highest BCUT2D eigenvalue weighted by Crippen LogP contribution is 2.31. The lowest BCUT2D eigenvalue weighted by atomic mass is 10.2. The molecular weight excluding hydrogens is 328 g/mol. The summed E-state index contributed by atoms with van der Waals surface area (Å²) in [6.07, 6.45) is 0.538. The van der Waals surface area contributed by atoms with Crippen LogP contribution in [-0.4, -0.2) is 36.5 Å². The van der Waals surface area contributed by atoms with E-state index in [1.165, 1.54) is 11.3 Å². The molecule has 1 aliphatic heterocycles. The van der Waals surface area contributed by atoms with Gasteiger partial charge in [-0.2, -0.15) is 0 Å². The molecule has 7 nitrogen and oxygen atoms in total. The summed E-state index contributed by atoms with van der Waals surface area (Å²) < 4.78 is 5.31. The number of nitrogens with zero attached hydrogens (tertiary/aromatic N) is 2. The van der Waals surface area contributed by atoms with Crippen molar-refractivity contribution < 1.29 is 14.3 Å². The van der Waals surface area contributed by atoms with Gasteiger partial charge in [0.05, 0.1) is 12.8 Å². The third-order valence-electron chi connectivity index (χ3n) is 3.85. The number of amides is 2. The average Bonchev–Trinajstić information content (AvgIpc) is 3.22. The summed E-state index contributed by atoms with van der Waals surface area (Å²) >= 11 is 1.33. The van der Waals surface area contributed by atoms with Crippen LogP contribution >= 0.6 is 11.3 Å². The van der Waals surface area contributed by atoms with E-state index in [2.05, 4.69) is 10.3 Å². The lowest BCUT2D eigenvalue weighted by Gasteiger charge is -2.19. The van der Waals surface area contributed by atoms with Crippen LogP contribution in [0, 0.1) is 0 Å². The number of carbonyl (C=O) groups excluding carboxylic acids is 2. The zero-order valence-electron chi connectivity index (χ0n) is 13.2. The van der Waals surface area contributed by atoms with Gasteiger partial charge in [0, 0.05) is 18.5 Å². The normalized spacial score (nSPS) is 17.2. The van der Waals surface area contributed by atoms with E-state index < -0.39 is 6.04 Å². The predicted molar refractivity (Wildman–Crippen MR) is 91.2 cm³/mol. The zero-order chi connectivity index (χ0) is 17.1. The van der Waals surface area contributed by atoms with Crippen molar-refractivity contribution >= 4 is 28.8 Å². The Morgan fingerprint density at radius 1 is 1.50 bits per heavy atom. The van der Waals surface area contributed by atoms with Crippen molar-refractivity contribution in [2.75, 3.05) is 18.6 Å². The molecule has 0 aliphatic carbocycles. The molecule has 8 heteroatoms. The summed E-state index contributed by atoms with van der Waals surface area (Å²) in [6, 6.07) is 6.76. The Labute approximate surface area is 143 Å². The largest absolute Gasteiger partial charge is 0.495 e. The summed E-state index contributed by atoms with van der Waals surface area (Å²) in [5, 5.41) is 5.09. The van der Waals surface area contributed by atoms with Crippen molar-refractivity contribution in [3.05, 3.63) is 40.3 Å². The highest BCUT2D eigenvalue weighted by molar-refractivity contribution is 7.09. The van der Waals surface area contributed by atoms with Gasteiger partial charge in [0.15, 0.2) is 0 Å². The maximum absolute atomic E-state index is 12.6. The van der Waals surface area contributed by atoms with Crippen LogP contribution in [0.25, 0.3) is 0 Å². The molecule has 2 aromatic rings. The zero-order valence-corrected chi connectivity index (χ0v) is 14.0. The van der Waals surface area contributed by atoms with E-state index in [0.29, 0.717) is 41.6 Å². The van der Waals surface area contributed by atoms with Gasteiger partial charge in [-0.25, -0.2) is 4.98 Å². The molecule has 1 aromatic carbocycles. The molecule has 0 radical (unpaired) electrons. The number of ether oxygens (including phenoxy) is 1. The molecule has 2 heterocycles. The molecule has 1 aliphatic rings. The van der Waals surface area contributed by atoms with Gasteiger partial charge in [-0.3, -0.25) is 9.59 Å². The van der Waals surface area contributed by atoms with E-state index in [4.69, 9.17) is 10.5 Å². The van der Waals surface area contributed by atoms with Crippen molar-refractivity contribution in [2.45, 2.75) is 19.0 Å². The highest BCUT2D eigenvalue weighted by atomic mass is 32.1. The first-order valence-corrected chi connectivity index (χ1v) is 8.41. The highest BCUT2D eigenvalue weighted by Gasteiger charge is 2.35. The number of thiazole rings is 1. The number of benzene rings is 1. The topological polar surface area (TPSA) is 97.6 Å². The van der Waals surface area contributed by atoms with Crippen LogP contribution in [0.15, 0.2) is 29.6 Å². The van der Waals surface area contributed by atoms with Crippen molar-refractivity contribution in [1.29, 1.82) is 0 Å². The van der Waals surface area contributed by atoms with E-state index in [1.807, 2.05) is 18.2 Å². The molecule has 1 atom stereocenters. The standard InChI is InChI=1S/C16H18N4O3S/c1-23-13-5-3-2-4-12(13)20-7-6-10(16(20)22)19-15(21)11-9-24-14(8-17)18-11/h2-5,9-10H,6-8,17H2,1H3,(H,19,21)/t10-/m0/s1. The Morgan fingerprint density at radius 2 is 2.29 bits per heavy atom. The van der Waals surface area contributed by atoms with Crippen molar-refractivity contribution in [3.8, 4) is 5.75 Å². The Kier molecular flexibility index (Phi) is 4.77. The van der Waals surface area contributed by atoms with E-state index in [0.717, 1.165) is 0 Å². The van der Waals surface area contributed by atoms with Crippen LogP contribution in [0.1, 0.15) is 21.9 Å². The van der Waals surface area contributed by atoms with Crippen LogP contribution in [0.5, 0.6) is 5.75 Å². The quantitative estimate of drug-likeness (QED) is 0.846. The summed E-state index contributed by atoms with van der Waals surface area (Å²) in [6.45, 7) is 0.817. The van der Waals surface area contributed by atoms with E-state index in [1.54, 1.807) is 23.5 Å². The molecule has 24 heavy (non-hydrogen) atoms. The number of nitrogens with one attached hydrogen (secondary N) is 1. The van der Waals surface area contributed by atoms with E-state index >= 15 is 0 Å². The third kappa shape index (κ3) is 3.10. The number of para-hydroxylation sites is 2. The van der Waals surface area contributed by atoms with Crippen LogP contribution in [0.4, 0.5) is 5.69 Å². The number of hydrogen-bond acceptors (Lipinski definition) is 6. The minimum Gasteiger partial charge on any atom is -0.495 e. The van der Waals surface area contributed by atoms with Gasteiger partial charge in [-0.15, -0.1) is 11.3 Å². The molecule has 1 saturated heterocycles. The summed E-state index contributed by atoms with van der Waals surface area (Å²) in [7, 11) is 1.57. The second-order valence-electron chi connectivity index (χ2n) is 5.31. The lowest BCUT2D eigenvalue weighted by molar-refractivity contribution is -0.118. The molecule has 2 amide bonds. The van der Waals surface area contributed by atoms with Crippen molar-refractivity contribution in [3.63, 3.8) is 0 Å². The van der Waals surface area contributed by atoms with E-state index in [-0.39, 0.29) is 11.8 Å². The molecule has 0 unspecified atom stereocenters. The fraction of sp³-hybridized carbons (Fsp3) is 0.312. The van der Waals surface area contributed by atoms with Gasteiger partial charge in [0.1, 0.15) is 22.5 Å². The first-order valence-electron chi connectivity index (χ1n) is 7.53. The number of hydrogen-bond donors (Lipinski definition) is 2. The summed E-state index contributed by atoms with van der Waals surface area (Å²) in [5.74, 6) is 0.123. The van der Waals surface area contributed by atoms with Gasteiger partial charge < -0.3 is 20.7 Å². The fourth-order valence-electron chi connectivity index (χ4n) is 2.65. The molecular formula is C16H18N4O3S. The Hall–Kier alpha value is -2.45. The number of anilines is 1. The molecule has 0 bridgehead atoms. The minimum atomic E-state index is -0.564. The number of carbonyl (C=O) groups is 2. The molecule has 1 aromatic heterocycles. The Bertz CT molecular complexity index is 761. The summed E-state index contributed by atoms with van der Waals surface area (Å²) in [5.41, 5.74) is 6.51. The van der Waals surface area contributed by atoms with Gasteiger partial charge in [0.25, 0.3) is 5.91 Å². The average molecular weight is 346 g/mol. The van der Waals surface area contributed by atoms with Crippen LogP contribution < -0.4 is 20.7 Å². The van der Waals surface area contributed by atoms with Crippen LogP contribution in [0.3, 0.4) is 0 Å². The first kappa shape index (κ1) is 16.4. The van der Waals surface area contributed by atoms with Crippen LogP contribution in [-0.2, 0) is 11.3 Å². The second kappa shape index (κ2) is 6.98. The maximum Gasteiger partial charge on any atom is 0.271 e. The molecule has 126 valence electrons. The predicted octanol–water partition coefficient (Wildman–Crippen LogP) is 1.15. The number of nitrogens with two attached hydrogens (primary N) is 1. The third-order valence-corrected chi connectivity index (χ3v) is 4.72. The van der Waals surface area contributed by atoms with Gasteiger partial charge >= 0.3 is 0 Å². The Balaban J connectivity index is 1.71. The molecule has 0 spiro atoms. The smallest absolute Gasteiger partial charge is 0.271 e. The number of rotatable bonds is 5. The van der Waals surface area contributed by atoms with Gasteiger partial charge in [-0.05, 0) is 18.6 Å². The van der Waals surface area contributed by atoms with Gasteiger partial charge in [0.2, 0.25) is 5.91 Å². The first-order chi connectivity index (χ1) is 11.6. The lowest BCUT2D eigenvalue weighted by Crippen LogP contribution is -2.41.